The lowest BCUT2D eigenvalue weighted by Gasteiger charge is -2.73. The number of rotatable bonds is 4. The number of carbonyl (C=O) groups is 3. The van der Waals surface area contributed by atoms with Gasteiger partial charge in [0.05, 0.1) is 6.61 Å². The smallest absolute Gasteiger partial charge is 0.302 e. The van der Waals surface area contributed by atoms with E-state index in [0.29, 0.717) is 36.1 Å². The highest BCUT2D eigenvalue weighted by atomic mass is 16.5. The summed E-state index contributed by atoms with van der Waals surface area (Å²) in [5.41, 5.74) is 0.532. The van der Waals surface area contributed by atoms with Crippen LogP contribution in [0.4, 0.5) is 0 Å². The van der Waals surface area contributed by atoms with Crippen molar-refractivity contribution >= 4 is 17.7 Å². The van der Waals surface area contributed by atoms with Crippen molar-refractivity contribution in [3.63, 3.8) is 0 Å². The Kier molecular flexibility index (Phi) is 6.71. The number of carbonyl (C=O) groups excluding carboxylic acids is 3. The minimum absolute atomic E-state index is 0.000688. The summed E-state index contributed by atoms with van der Waals surface area (Å²) in [6.45, 7) is 17.8. The van der Waals surface area contributed by atoms with E-state index in [0.717, 1.165) is 38.5 Å². The Morgan fingerprint density at radius 3 is 2.05 bits per heavy atom. The van der Waals surface area contributed by atoms with Gasteiger partial charge in [-0.3, -0.25) is 14.4 Å². The number of Topliss-reactive ketones (excluding diaryl/α,β-unsaturated/α-hetero) is 1. The van der Waals surface area contributed by atoms with Crippen LogP contribution in [-0.2, 0) is 23.9 Å². The molecular weight excluding hydrogens is 476 g/mol. The molecule has 0 aliphatic heterocycles. The molecule has 5 rings (SSSR count). The molecule has 0 spiro atoms. The highest BCUT2D eigenvalue weighted by Crippen LogP contribution is 2.77. The molecule has 5 aliphatic carbocycles. The lowest BCUT2D eigenvalue weighted by molar-refractivity contribution is -0.252. The van der Waals surface area contributed by atoms with Gasteiger partial charge < -0.3 is 9.47 Å². The van der Waals surface area contributed by atoms with Crippen molar-refractivity contribution < 1.29 is 23.9 Å². The zero-order valence-corrected chi connectivity index (χ0v) is 25.3. The fraction of sp³-hybridized carbons (Fsp3) is 0.909. The molecule has 5 saturated carbocycles. The van der Waals surface area contributed by atoms with E-state index < -0.39 is 0 Å². The average molecular weight is 529 g/mol. The van der Waals surface area contributed by atoms with Crippen LogP contribution in [0.2, 0.25) is 0 Å². The van der Waals surface area contributed by atoms with E-state index in [1.165, 1.54) is 32.6 Å². The molecule has 5 aliphatic rings. The van der Waals surface area contributed by atoms with Gasteiger partial charge in [-0.15, -0.1) is 0 Å². The van der Waals surface area contributed by atoms with Crippen molar-refractivity contribution in [2.45, 2.75) is 126 Å². The molecule has 0 aromatic rings. The van der Waals surface area contributed by atoms with Crippen molar-refractivity contribution in [3.8, 4) is 0 Å². The molecule has 10 atom stereocenters. The van der Waals surface area contributed by atoms with Gasteiger partial charge in [-0.1, -0.05) is 34.6 Å². The van der Waals surface area contributed by atoms with Crippen molar-refractivity contribution in [1.29, 1.82) is 0 Å². The molecule has 5 fully saturated rings. The van der Waals surface area contributed by atoms with Gasteiger partial charge in [0.15, 0.2) is 0 Å². The summed E-state index contributed by atoms with van der Waals surface area (Å²) in [5, 5.41) is 0. The normalized spacial score (nSPS) is 49.1. The van der Waals surface area contributed by atoms with Crippen LogP contribution in [0.15, 0.2) is 0 Å². The molecule has 0 amide bonds. The lowest BCUT2D eigenvalue weighted by atomic mass is 9.32. The predicted octanol–water partition coefficient (Wildman–Crippen LogP) is 7.15. The van der Waals surface area contributed by atoms with Crippen molar-refractivity contribution in [1.82, 2.24) is 0 Å². The monoisotopic (exact) mass is 528 g/mol. The molecule has 0 radical (unpaired) electrons. The Hall–Kier alpha value is -1.39. The molecule has 0 heterocycles. The molecule has 3 unspecified atom stereocenters. The Morgan fingerprint density at radius 2 is 1.42 bits per heavy atom. The van der Waals surface area contributed by atoms with Crippen molar-refractivity contribution in [2.24, 2.45) is 56.7 Å². The molecular formula is C33H52O5. The quantitative estimate of drug-likeness (QED) is 0.362. The van der Waals surface area contributed by atoms with Crippen LogP contribution in [0.3, 0.4) is 0 Å². The summed E-state index contributed by atoms with van der Waals surface area (Å²) in [4.78, 5) is 36.8. The molecule has 5 heteroatoms. The van der Waals surface area contributed by atoms with Crippen LogP contribution >= 0.6 is 0 Å². The maximum atomic E-state index is 13.0. The number of hydrogen-bond donors (Lipinski definition) is 0. The first kappa shape index (κ1) is 28.1. The molecule has 214 valence electrons. The van der Waals surface area contributed by atoms with Gasteiger partial charge in [-0.05, 0) is 111 Å². The topological polar surface area (TPSA) is 69.7 Å². The maximum Gasteiger partial charge on any atom is 0.302 e. The summed E-state index contributed by atoms with van der Waals surface area (Å²) < 4.78 is 11.6. The zero-order valence-electron chi connectivity index (χ0n) is 25.3. The molecule has 0 N–H and O–H groups in total. The first-order valence-corrected chi connectivity index (χ1v) is 15.4. The third-order valence-electron chi connectivity index (χ3n) is 13.9. The summed E-state index contributed by atoms with van der Waals surface area (Å²) in [6.07, 6.45) is 11.0. The molecule has 38 heavy (non-hydrogen) atoms. The van der Waals surface area contributed by atoms with Crippen LogP contribution in [0.1, 0.15) is 120 Å². The Morgan fingerprint density at radius 1 is 0.711 bits per heavy atom. The van der Waals surface area contributed by atoms with Crippen LogP contribution in [-0.4, -0.2) is 30.4 Å². The van der Waals surface area contributed by atoms with Crippen LogP contribution < -0.4 is 0 Å². The standard InChI is InChI=1S/C33H52O5/c1-20(34)23-11-16-33(19-37-21(2)35)18-17-31(7)24(28(23)33)9-10-26-30(6)14-13-27(38-22(3)36)29(4,5)25(30)12-15-32(26,31)8/h23-28H,9-19H2,1-8H3/t23-,24+,25?,26?,27-,28?,30-,31+,32+,33+/m0/s1. The van der Waals surface area contributed by atoms with Gasteiger partial charge in [-0.2, -0.15) is 0 Å². The molecule has 0 bridgehead atoms. The Bertz CT molecular complexity index is 1000. The third-order valence-corrected chi connectivity index (χ3v) is 13.9. The van der Waals surface area contributed by atoms with E-state index in [1.807, 2.05) is 0 Å². The first-order valence-electron chi connectivity index (χ1n) is 15.4. The van der Waals surface area contributed by atoms with Gasteiger partial charge in [0.2, 0.25) is 0 Å². The number of ketones is 1. The number of esters is 2. The molecule has 0 aromatic carbocycles. The van der Waals surface area contributed by atoms with Gasteiger partial charge in [0, 0.05) is 30.6 Å². The minimum Gasteiger partial charge on any atom is -0.465 e. The highest BCUT2D eigenvalue weighted by Gasteiger charge is 2.71. The van der Waals surface area contributed by atoms with Gasteiger partial charge in [0.1, 0.15) is 11.9 Å². The largest absolute Gasteiger partial charge is 0.465 e. The fourth-order valence-corrected chi connectivity index (χ4v) is 12.1. The van der Waals surface area contributed by atoms with E-state index >= 15 is 0 Å². The number of ether oxygens (including phenoxy) is 2. The van der Waals surface area contributed by atoms with E-state index in [1.54, 1.807) is 13.8 Å². The summed E-state index contributed by atoms with van der Waals surface area (Å²) >= 11 is 0. The van der Waals surface area contributed by atoms with E-state index in [2.05, 4.69) is 34.6 Å². The number of fused-ring (bicyclic) bond motifs is 7. The van der Waals surface area contributed by atoms with Crippen LogP contribution in [0, 0.1) is 56.7 Å². The highest BCUT2D eigenvalue weighted by molar-refractivity contribution is 5.79. The predicted molar refractivity (Wildman–Crippen MR) is 147 cm³/mol. The minimum atomic E-state index is -0.202. The average Bonchev–Trinajstić information content (AvgIpc) is 3.20. The van der Waals surface area contributed by atoms with Crippen LogP contribution in [0.5, 0.6) is 0 Å². The van der Waals surface area contributed by atoms with E-state index in [9.17, 15) is 14.4 Å². The van der Waals surface area contributed by atoms with Crippen LogP contribution in [0.25, 0.3) is 0 Å². The summed E-state index contributed by atoms with van der Waals surface area (Å²) in [5.74, 6) is 2.05. The Balaban J connectivity index is 1.49. The van der Waals surface area contributed by atoms with Gasteiger partial charge in [-0.25, -0.2) is 0 Å². The zero-order chi connectivity index (χ0) is 27.9. The molecule has 0 saturated heterocycles. The van der Waals surface area contributed by atoms with E-state index in [-0.39, 0.29) is 51.0 Å². The second-order valence-corrected chi connectivity index (χ2v) is 15.6. The van der Waals surface area contributed by atoms with Crippen molar-refractivity contribution in [2.75, 3.05) is 6.61 Å². The van der Waals surface area contributed by atoms with Gasteiger partial charge >= 0.3 is 11.9 Å². The second-order valence-electron chi connectivity index (χ2n) is 15.6. The molecule has 5 nitrogen and oxygen atoms in total. The summed E-state index contributed by atoms with van der Waals surface area (Å²) in [7, 11) is 0. The second kappa shape index (κ2) is 9.06. The maximum absolute atomic E-state index is 13.0. The fourth-order valence-electron chi connectivity index (χ4n) is 12.1. The lowest BCUT2D eigenvalue weighted by Crippen LogP contribution is -2.67. The van der Waals surface area contributed by atoms with Gasteiger partial charge in [0.25, 0.3) is 0 Å². The third kappa shape index (κ3) is 3.79. The summed E-state index contributed by atoms with van der Waals surface area (Å²) in [6, 6.07) is 0. The van der Waals surface area contributed by atoms with Crippen molar-refractivity contribution in [3.05, 3.63) is 0 Å². The SMILES string of the molecule is CC(=O)OC[C@]12CC[C@@H](C(C)=O)C1[C@H]1CCC3[C@@]4(C)CC[C@H](OC(C)=O)C(C)(C)C4CC[C@@]3(C)[C@]1(C)CC2. The molecule has 0 aromatic heterocycles. The first-order chi connectivity index (χ1) is 17.6. The number of hydrogen-bond acceptors (Lipinski definition) is 5. The van der Waals surface area contributed by atoms with E-state index in [4.69, 9.17) is 9.47 Å². The Labute approximate surface area is 230 Å².